The van der Waals surface area contributed by atoms with E-state index in [0.717, 1.165) is 24.2 Å². The zero-order valence-corrected chi connectivity index (χ0v) is 15.1. The Bertz CT molecular complexity index is 697. The van der Waals surface area contributed by atoms with Crippen LogP contribution in [0.15, 0.2) is 53.4 Å². The van der Waals surface area contributed by atoms with Crippen molar-refractivity contribution in [1.82, 2.24) is 10.6 Å². The standard InChI is InChI=1S/C19H22F2N2OS/c1-3-22-13(2)12-23-19(24)18(14-7-5-4-6-8-14)25-15-9-10-16(20)17(21)11-15/h4-11,13,18,22H,3,12H2,1-2H3,(H,23,24)/t13-,18?/m1/s1. The minimum Gasteiger partial charge on any atom is -0.353 e. The van der Waals surface area contributed by atoms with E-state index in [4.69, 9.17) is 0 Å². The van der Waals surface area contributed by atoms with Crippen LogP contribution in [0.3, 0.4) is 0 Å². The molecular formula is C19H22F2N2OS. The lowest BCUT2D eigenvalue weighted by Gasteiger charge is -2.19. The maximum atomic E-state index is 13.5. The molecule has 0 aliphatic heterocycles. The Hall–Kier alpha value is -1.92. The molecule has 0 aromatic heterocycles. The summed E-state index contributed by atoms with van der Waals surface area (Å²) in [5, 5.41) is 5.61. The van der Waals surface area contributed by atoms with Gasteiger partial charge in [0.25, 0.3) is 0 Å². The molecule has 0 heterocycles. The Balaban J connectivity index is 2.15. The molecule has 0 bridgehead atoms. The maximum absolute atomic E-state index is 13.5. The molecule has 2 atom stereocenters. The number of amides is 1. The molecule has 2 N–H and O–H groups in total. The fourth-order valence-electron chi connectivity index (χ4n) is 2.35. The normalized spacial score (nSPS) is 13.3. The number of carbonyl (C=O) groups excluding carboxylic acids is 1. The molecule has 0 fully saturated rings. The van der Waals surface area contributed by atoms with Gasteiger partial charge in [0.2, 0.25) is 5.91 Å². The average Bonchev–Trinajstić information content (AvgIpc) is 2.61. The van der Waals surface area contributed by atoms with Gasteiger partial charge in [-0.15, -0.1) is 11.8 Å². The highest BCUT2D eigenvalue weighted by atomic mass is 32.2. The van der Waals surface area contributed by atoms with Crippen LogP contribution in [0.2, 0.25) is 0 Å². The SMILES string of the molecule is CCN[C@H](C)CNC(=O)C(Sc1ccc(F)c(F)c1)c1ccccc1. The van der Waals surface area contributed by atoms with Gasteiger partial charge in [-0.3, -0.25) is 4.79 Å². The molecule has 0 aliphatic carbocycles. The molecule has 2 aromatic rings. The second-order valence-electron chi connectivity index (χ2n) is 5.69. The van der Waals surface area contributed by atoms with E-state index >= 15 is 0 Å². The third-order valence-electron chi connectivity index (χ3n) is 3.62. The number of likely N-dealkylation sites (N-methyl/N-ethyl adjacent to an activating group) is 1. The van der Waals surface area contributed by atoms with Crippen LogP contribution in [0.5, 0.6) is 0 Å². The van der Waals surface area contributed by atoms with Crippen molar-refractivity contribution in [3.63, 3.8) is 0 Å². The van der Waals surface area contributed by atoms with Crippen LogP contribution in [0.1, 0.15) is 24.7 Å². The molecule has 0 aliphatic rings. The van der Waals surface area contributed by atoms with Gasteiger partial charge < -0.3 is 10.6 Å². The molecule has 0 radical (unpaired) electrons. The van der Waals surface area contributed by atoms with Crippen LogP contribution in [0.4, 0.5) is 8.78 Å². The summed E-state index contributed by atoms with van der Waals surface area (Å²) in [7, 11) is 0. The van der Waals surface area contributed by atoms with E-state index in [-0.39, 0.29) is 11.9 Å². The first-order valence-electron chi connectivity index (χ1n) is 8.19. The average molecular weight is 364 g/mol. The fraction of sp³-hybridized carbons (Fsp3) is 0.316. The largest absolute Gasteiger partial charge is 0.353 e. The van der Waals surface area contributed by atoms with E-state index in [1.807, 2.05) is 44.2 Å². The monoisotopic (exact) mass is 364 g/mol. The summed E-state index contributed by atoms with van der Waals surface area (Å²) < 4.78 is 26.6. The number of hydrogen-bond donors (Lipinski definition) is 2. The Morgan fingerprint density at radius 2 is 1.84 bits per heavy atom. The molecule has 6 heteroatoms. The van der Waals surface area contributed by atoms with Crippen molar-refractivity contribution in [1.29, 1.82) is 0 Å². The first-order valence-corrected chi connectivity index (χ1v) is 9.07. The lowest BCUT2D eigenvalue weighted by Crippen LogP contribution is -2.40. The number of benzene rings is 2. The summed E-state index contributed by atoms with van der Waals surface area (Å²) >= 11 is 1.20. The Labute approximate surface area is 151 Å². The molecule has 134 valence electrons. The molecule has 0 spiro atoms. The van der Waals surface area contributed by atoms with Gasteiger partial charge in [-0.2, -0.15) is 0 Å². The Morgan fingerprint density at radius 3 is 2.48 bits per heavy atom. The van der Waals surface area contributed by atoms with Gasteiger partial charge in [-0.25, -0.2) is 8.78 Å². The van der Waals surface area contributed by atoms with Gasteiger partial charge in [0, 0.05) is 17.5 Å². The highest BCUT2D eigenvalue weighted by molar-refractivity contribution is 8.00. The van der Waals surface area contributed by atoms with Crippen LogP contribution in [-0.4, -0.2) is 25.0 Å². The molecule has 0 saturated carbocycles. The summed E-state index contributed by atoms with van der Waals surface area (Å²) in [6.07, 6.45) is 0. The van der Waals surface area contributed by atoms with Gasteiger partial charge in [0.1, 0.15) is 5.25 Å². The summed E-state index contributed by atoms with van der Waals surface area (Å²) in [4.78, 5) is 13.2. The summed E-state index contributed by atoms with van der Waals surface area (Å²) in [6.45, 7) is 5.31. The quantitative estimate of drug-likeness (QED) is 0.698. The number of hydrogen-bond acceptors (Lipinski definition) is 3. The predicted octanol–water partition coefficient (Wildman–Crippen LogP) is 3.91. The first-order chi connectivity index (χ1) is 12.0. The van der Waals surface area contributed by atoms with Gasteiger partial charge in [0.05, 0.1) is 0 Å². The lowest BCUT2D eigenvalue weighted by atomic mass is 10.1. The van der Waals surface area contributed by atoms with Crippen molar-refractivity contribution in [3.05, 3.63) is 65.7 Å². The highest BCUT2D eigenvalue weighted by Gasteiger charge is 2.22. The van der Waals surface area contributed by atoms with Gasteiger partial charge in [-0.05, 0) is 37.2 Å². The predicted molar refractivity (Wildman–Crippen MR) is 97.5 cm³/mol. The van der Waals surface area contributed by atoms with Crippen molar-refractivity contribution in [3.8, 4) is 0 Å². The van der Waals surface area contributed by atoms with E-state index in [9.17, 15) is 13.6 Å². The van der Waals surface area contributed by atoms with Crippen LogP contribution >= 0.6 is 11.8 Å². The number of halogens is 2. The van der Waals surface area contributed by atoms with Gasteiger partial charge in [-0.1, -0.05) is 37.3 Å². The van der Waals surface area contributed by atoms with Crippen molar-refractivity contribution >= 4 is 17.7 Å². The smallest absolute Gasteiger partial charge is 0.238 e. The Kier molecular flexibility index (Phi) is 7.40. The zero-order valence-electron chi connectivity index (χ0n) is 14.3. The lowest BCUT2D eigenvalue weighted by molar-refractivity contribution is -0.120. The summed E-state index contributed by atoms with van der Waals surface area (Å²) in [5.41, 5.74) is 0.811. The maximum Gasteiger partial charge on any atom is 0.238 e. The molecule has 25 heavy (non-hydrogen) atoms. The van der Waals surface area contributed by atoms with Crippen LogP contribution in [0, 0.1) is 11.6 Å². The summed E-state index contributed by atoms with van der Waals surface area (Å²) in [5.74, 6) is -1.98. The van der Waals surface area contributed by atoms with Crippen molar-refractivity contribution in [2.75, 3.05) is 13.1 Å². The molecule has 3 nitrogen and oxygen atoms in total. The molecule has 0 saturated heterocycles. The summed E-state index contributed by atoms with van der Waals surface area (Å²) in [6, 6.07) is 13.1. The van der Waals surface area contributed by atoms with E-state index in [1.54, 1.807) is 0 Å². The molecule has 2 rings (SSSR count). The third kappa shape index (κ3) is 5.83. The number of nitrogens with one attached hydrogen (secondary N) is 2. The first kappa shape index (κ1) is 19.4. The third-order valence-corrected chi connectivity index (χ3v) is 4.87. The van der Waals surface area contributed by atoms with E-state index in [2.05, 4.69) is 10.6 Å². The topological polar surface area (TPSA) is 41.1 Å². The van der Waals surface area contributed by atoms with Crippen molar-refractivity contribution in [2.24, 2.45) is 0 Å². The van der Waals surface area contributed by atoms with Gasteiger partial charge >= 0.3 is 0 Å². The van der Waals surface area contributed by atoms with Crippen molar-refractivity contribution in [2.45, 2.75) is 30.0 Å². The molecule has 1 unspecified atom stereocenters. The zero-order chi connectivity index (χ0) is 18.2. The van der Waals surface area contributed by atoms with E-state index in [0.29, 0.717) is 11.4 Å². The molecule has 2 aromatic carbocycles. The van der Waals surface area contributed by atoms with E-state index < -0.39 is 16.9 Å². The van der Waals surface area contributed by atoms with Crippen molar-refractivity contribution < 1.29 is 13.6 Å². The fourth-order valence-corrected chi connectivity index (χ4v) is 3.43. The molecule has 1 amide bonds. The van der Waals surface area contributed by atoms with Crippen LogP contribution in [-0.2, 0) is 4.79 Å². The highest BCUT2D eigenvalue weighted by Crippen LogP contribution is 2.35. The minimum absolute atomic E-state index is 0.152. The number of thioether (sulfide) groups is 1. The molecular weight excluding hydrogens is 342 g/mol. The van der Waals surface area contributed by atoms with Crippen LogP contribution in [0.25, 0.3) is 0 Å². The Morgan fingerprint density at radius 1 is 1.12 bits per heavy atom. The minimum atomic E-state index is -0.919. The number of rotatable bonds is 8. The van der Waals surface area contributed by atoms with Crippen LogP contribution < -0.4 is 10.6 Å². The number of carbonyl (C=O) groups is 1. The van der Waals surface area contributed by atoms with E-state index in [1.165, 1.54) is 17.8 Å². The van der Waals surface area contributed by atoms with Gasteiger partial charge in [0.15, 0.2) is 11.6 Å². The second kappa shape index (κ2) is 9.53. The second-order valence-corrected chi connectivity index (χ2v) is 6.87.